The number of ether oxygens (including phenoxy) is 1. The van der Waals surface area contributed by atoms with Crippen LogP contribution in [-0.4, -0.2) is 17.7 Å². The molecule has 0 aromatic heterocycles. The van der Waals surface area contributed by atoms with Crippen molar-refractivity contribution in [3.05, 3.63) is 28.2 Å². The maximum Gasteiger partial charge on any atom is 0.172 e. The highest BCUT2D eigenvalue weighted by molar-refractivity contribution is 9.10. The Morgan fingerprint density at radius 2 is 1.89 bits per heavy atom. The van der Waals surface area contributed by atoms with Gasteiger partial charge in [-0.25, -0.2) is 0 Å². The number of carbonyl (C=O) groups is 2. The molecular weight excluding hydrogens is 308 g/mol. The SMILES string of the molecule is CC(=O)C(C)(C)Oc1ccc(Br)cc1C=O.CCC. The van der Waals surface area contributed by atoms with Gasteiger partial charge in [0, 0.05) is 4.47 Å². The Labute approximate surface area is 123 Å². The summed E-state index contributed by atoms with van der Waals surface area (Å²) in [5.74, 6) is 0.325. The van der Waals surface area contributed by atoms with Gasteiger partial charge in [0.05, 0.1) is 5.56 Å². The van der Waals surface area contributed by atoms with Gasteiger partial charge < -0.3 is 4.74 Å². The maximum atomic E-state index is 11.3. The molecule has 0 aliphatic carbocycles. The molecular formula is C15H21BrO3. The van der Waals surface area contributed by atoms with Crippen molar-refractivity contribution in [2.75, 3.05) is 0 Å². The summed E-state index contributed by atoms with van der Waals surface area (Å²) < 4.78 is 6.33. The monoisotopic (exact) mass is 328 g/mol. The van der Waals surface area contributed by atoms with E-state index in [0.29, 0.717) is 17.6 Å². The van der Waals surface area contributed by atoms with Gasteiger partial charge in [0.25, 0.3) is 0 Å². The quantitative estimate of drug-likeness (QED) is 0.768. The van der Waals surface area contributed by atoms with Crippen LogP contribution >= 0.6 is 15.9 Å². The molecule has 19 heavy (non-hydrogen) atoms. The average Bonchev–Trinajstić information content (AvgIpc) is 2.32. The van der Waals surface area contributed by atoms with E-state index >= 15 is 0 Å². The van der Waals surface area contributed by atoms with E-state index in [2.05, 4.69) is 29.8 Å². The van der Waals surface area contributed by atoms with Crippen molar-refractivity contribution >= 4 is 28.0 Å². The second-order valence-electron chi connectivity index (χ2n) is 4.68. The van der Waals surface area contributed by atoms with Gasteiger partial charge in [-0.3, -0.25) is 9.59 Å². The zero-order valence-electron chi connectivity index (χ0n) is 12.1. The van der Waals surface area contributed by atoms with Gasteiger partial charge >= 0.3 is 0 Å². The second kappa shape index (κ2) is 8.10. The summed E-state index contributed by atoms with van der Waals surface area (Å²) >= 11 is 3.26. The molecule has 0 unspecified atom stereocenters. The van der Waals surface area contributed by atoms with Crippen LogP contribution < -0.4 is 4.74 Å². The highest BCUT2D eigenvalue weighted by Gasteiger charge is 2.26. The first kappa shape index (κ1) is 17.8. The third-order valence-electron chi connectivity index (χ3n) is 2.31. The lowest BCUT2D eigenvalue weighted by Gasteiger charge is -2.24. The van der Waals surface area contributed by atoms with E-state index < -0.39 is 5.60 Å². The molecule has 0 saturated carbocycles. The van der Waals surface area contributed by atoms with Crippen LogP contribution in [0.1, 0.15) is 51.4 Å². The molecule has 1 rings (SSSR count). The lowest BCUT2D eigenvalue weighted by molar-refractivity contribution is -0.129. The maximum absolute atomic E-state index is 11.3. The van der Waals surface area contributed by atoms with E-state index in [1.807, 2.05) is 0 Å². The van der Waals surface area contributed by atoms with Crippen molar-refractivity contribution in [3.8, 4) is 5.75 Å². The molecule has 0 aliphatic rings. The van der Waals surface area contributed by atoms with Gasteiger partial charge in [0.15, 0.2) is 17.7 Å². The zero-order valence-corrected chi connectivity index (χ0v) is 13.7. The number of hydrogen-bond donors (Lipinski definition) is 0. The molecule has 0 heterocycles. The summed E-state index contributed by atoms with van der Waals surface area (Å²) in [6.45, 7) is 9.05. The molecule has 0 aliphatic heterocycles. The van der Waals surface area contributed by atoms with Gasteiger partial charge in [0.1, 0.15) is 5.75 Å². The number of benzene rings is 1. The van der Waals surface area contributed by atoms with Gasteiger partial charge in [0.2, 0.25) is 0 Å². The smallest absolute Gasteiger partial charge is 0.172 e. The Morgan fingerprint density at radius 3 is 2.32 bits per heavy atom. The third kappa shape index (κ3) is 6.01. The molecule has 1 aromatic carbocycles. The third-order valence-corrected chi connectivity index (χ3v) is 2.81. The largest absolute Gasteiger partial charge is 0.479 e. The average molecular weight is 329 g/mol. The molecule has 0 N–H and O–H groups in total. The van der Waals surface area contributed by atoms with Crippen LogP contribution in [-0.2, 0) is 4.79 Å². The van der Waals surface area contributed by atoms with Crippen LogP contribution in [0.3, 0.4) is 0 Å². The molecule has 106 valence electrons. The number of halogens is 1. The van der Waals surface area contributed by atoms with Crippen LogP contribution in [0.2, 0.25) is 0 Å². The first-order valence-corrected chi connectivity index (χ1v) is 7.02. The molecule has 0 fully saturated rings. The minimum Gasteiger partial charge on any atom is -0.479 e. The van der Waals surface area contributed by atoms with Crippen LogP contribution in [0, 0.1) is 0 Å². The summed E-state index contributed by atoms with van der Waals surface area (Å²) in [7, 11) is 0. The Morgan fingerprint density at radius 1 is 1.37 bits per heavy atom. The first-order valence-electron chi connectivity index (χ1n) is 6.23. The molecule has 0 saturated heterocycles. The fourth-order valence-corrected chi connectivity index (χ4v) is 1.43. The molecule has 0 radical (unpaired) electrons. The Hall–Kier alpha value is -1.16. The summed E-state index contributed by atoms with van der Waals surface area (Å²) in [5, 5.41) is 0. The second-order valence-corrected chi connectivity index (χ2v) is 5.59. The molecule has 0 atom stereocenters. The lowest BCUT2D eigenvalue weighted by Crippen LogP contribution is -2.36. The van der Waals surface area contributed by atoms with Gasteiger partial charge in [-0.1, -0.05) is 36.2 Å². The van der Waals surface area contributed by atoms with Crippen molar-refractivity contribution < 1.29 is 14.3 Å². The fraction of sp³-hybridized carbons (Fsp3) is 0.467. The molecule has 0 amide bonds. The summed E-state index contributed by atoms with van der Waals surface area (Å²) in [4.78, 5) is 22.2. The summed E-state index contributed by atoms with van der Waals surface area (Å²) in [5.41, 5.74) is -0.505. The van der Waals surface area contributed by atoms with E-state index in [4.69, 9.17) is 4.74 Å². The predicted molar refractivity (Wildman–Crippen MR) is 80.9 cm³/mol. The van der Waals surface area contributed by atoms with Crippen LogP contribution in [0.25, 0.3) is 0 Å². The van der Waals surface area contributed by atoms with Crippen LogP contribution in [0.15, 0.2) is 22.7 Å². The lowest BCUT2D eigenvalue weighted by atomic mass is 10.0. The van der Waals surface area contributed by atoms with Gasteiger partial charge in [-0.15, -0.1) is 0 Å². The molecule has 3 nitrogen and oxygen atoms in total. The number of carbonyl (C=O) groups excluding carboxylic acids is 2. The molecule has 4 heteroatoms. The van der Waals surface area contributed by atoms with E-state index in [0.717, 1.165) is 4.47 Å². The first-order chi connectivity index (χ1) is 8.78. The Bertz CT molecular complexity index is 439. The van der Waals surface area contributed by atoms with E-state index in [9.17, 15) is 9.59 Å². The van der Waals surface area contributed by atoms with Crippen LogP contribution in [0.4, 0.5) is 0 Å². The fourth-order valence-electron chi connectivity index (χ4n) is 1.05. The van der Waals surface area contributed by atoms with E-state index in [-0.39, 0.29) is 5.78 Å². The number of rotatable bonds is 4. The van der Waals surface area contributed by atoms with E-state index in [1.165, 1.54) is 13.3 Å². The molecule has 0 bridgehead atoms. The Kier molecular flexibility index (Phi) is 7.61. The van der Waals surface area contributed by atoms with Gasteiger partial charge in [-0.2, -0.15) is 0 Å². The number of ketones is 1. The highest BCUT2D eigenvalue weighted by atomic mass is 79.9. The number of Topliss-reactive ketones (excluding diaryl/α,β-unsaturated/α-hetero) is 1. The minimum absolute atomic E-state index is 0.0905. The zero-order chi connectivity index (χ0) is 15.1. The summed E-state index contributed by atoms with van der Waals surface area (Å²) in [6, 6.07) is 5.08. The topological polar surface area (TPSA) is 43.4 Å². The molecule has 1 aromatic rings. The Balaban J connectivity index is 0.000000982. The van der Waals surface area contributed by atoms with Crippen molar-refractivity contribution in [2.45, 2.75) is 46.6 Å². The van der Waals surface area contributed by atoms with E-state index in [1.54, 1.807) is 32.0 Å². The minimum atomic E-state index is -0.925. The predicted octanol–water partition coefficient (Wildman–Crippen LogP) is 4.42. The van der Waals surface area contributed by atoms with Crippen molar-refractivity contribution in [1.82, 2.24) is 0 Å². The highest BCUT2D eigenvalue weighted by Crippen LogP contribution is 2.25. The number of hydrogen-bond acceptors (Lipinski definition) is 3. The van der Waals surface area contributed by atoms with Crippen molar-refractivity contribution in [2.24, 2.45) is 0 Å². The van der Waals surface area contributed by atoms with Crippen LogP contribution in [0.5, 0.6) is 5.75 Å². The molecule has 0 spiro atoms. The standard InChI is InChI=1S/C12H13BrO3.C3H8/c1-8(15)12(2,3)16-11-5-4-10(13)6-9(11)7-14;1-3-2/h4-7H,1-3H3;3H2,1-2H3. The van der Waals surface area contributed by atoms with Crippen molar-refractivity contribution in [3.63, 3.8) is 0 Å². The normalized spacial score (nSPS) is 10.2. The van der Waals surface area contributed by atoms with Crippen molar-refractivity contribution in [1.29, 1.82) is 0 Å². The number of aldehydes is 1. The summed E-state index contributed by atoms with van der Waals surface area (Å²) in [6.07, 6.45) is 1.95. The van der Waals surface area contributed by atoms with Gasteiger partial charge in [-0.05, 0) is 39.0 Å².